The molecule has 5 heteroatoms. The normalized spacial score (nSPS) is 18.6. The largest absolute Gasteiger partial charge is 0.336 e. The summed E-state index contributed by atoms with van der Waals surface area (Å²) >= 11 is 0. The summed E-state index contributed by atoms with van der Waals surface area (Å²) in [6.07, 6.45) is 5.78. The number of carbonyl (C=O) groups excluding carboxylic acids is 1. The SMILES string of the molecule is CCC1CCCCN1C(=O)c1cc2cccnc2n(C)c1=O. The monoisotopic (exact) mass is 299 g/mol. The van der Waals surface area contributed by atoms with Crippen LogP contribution in [-0.4, -0.2) is 32.9 Å². The second-order valence-electron chi connectivity index (χ2n) is 5.89. The number of aromatic nitrogens is 2. The van der Waals surface area contributed by atoms with Crippen molar-refractivity contribution in [3.05, 3.63) is 40.3 Å². The van der Waals surface area contributed by atoms with E-state index in [-0.39, 0.29) is 23.1 Å². The Hall–Kier alpha value is -2.17. The second kappa shape index (κ2) is 5.91. The molecule has 0 N–H and O–H groups in total. The van der Waals surface area contributed by atoms with Crippen molar-refractivity contribution in [2.24, 2.45) is 7.05 Å². The highest BCUT2D eigenvalue weighted by atomic mass is 16.2. The topological polar surface area (TPSA) is 55.2 Å². The molecule has 1 fully saturated rings. The van der Waals surface area contributed by atoms with Crippen molar-refractivity contribution in [2.75, 3.05) is 6.54 Å². The lowest BCUT2D eigenvalue weighted by Crippen LogP contribution is -2.45. The molecule has 2 aromatic rings. The zero-order chi connectivity index (χ0) is 15.7. The molecule has 3 rings (SSSR count). The van der Waals surface area contributed by atoms with Gasteiger partial charge in [-0.15, -0.1) is 0 Å². The molecule has 0 bridgehead atoms. The predicted octanol–water partition coefficient (Wildman–Crippen LogP) is 2.34. The number of nitrogens with zero attached hydrogens (tertiary/aromatic N) is 3. The van der Waals surface area contributed by atoms with Gasteiger partial charge in [0.2, 0.25) is 0 Å². The van der Waals surface area contributed by atoms with E-state index in [1.807, 2.05) is 17.0 Å². The van der Waals surface area contributed by atoms with E-state index in [0.29, 0.717) is 5.65 Å². The zero-order valence-corrected chi connectivity index (χ0v) is 13.1. The predicted molar refractivity (Wildman–Crippen MR) is 86.0 cm³/mol. The van der Waals surface area contributed by atoms with Crippen LogP contribution in [0.5, 0.6) is 0 Å². The van der Waals surface area contributed by atoms with Crippen molar-refractivity contribution in [3.63, 3.8) is 0 Å². The molecule has 1 unspecified atom stereocenters. The average molecular weight is 299 g/mol. The van der Waals surface area contributed by atoms with Gasteiger partial charge >= 0.3 is 0 Å². The zero-order valence-electron chi connectivity index (χ0n) is 13.1. The lowest BCUT2D eigenvalue weighted by atomic mass is 9.99. The van der Waals surface area contributed by atoms with Crippen molar-refractivity contribution < 1.29 is 4.79 Å². The number of amides is 1. The number of aryl methyl sites for hydroxylation is 1. The Morgan fingerprint density at radius 3 is 3.00 bits per heavy atom. The van der Waals surface area contributed by atoms with Gasteiger partial charge in [0.15, 0.2) is 0 Å². The van der Waals surface area contributed by atoms with E-state index in [2.05, 4.69) is 11.9 Å². The van der Waals surface area contributed by atoms with E-state index in [1.165, 1.54) is 4.57 Å². The minimum Gasteiger partial charge on any atom is -0.336 e. The standard InChI is InChI=1S/C17H21N3O2/c1-3-13-8-4-5-10-20(13)17(22)14-11-12-7-6-9-18-15(12)19(2)16(14)21/h6-7,9,11,13H,3-5,8,10H2,1-2H3. The number of pyridine rings is 2. The van der Waals surface area contributed by atoms with Gasteiger partial charge in [-0.1, -0.05) is 6.92 Å². The fraction of sp³-hybridized carbons (Fsp3) is 0.471. The maximum Gasteiger partial charge on any atom is 0.264 e. The molecule has 1 aliphatic heterocycles. The molecule has 0 aromatic carbocycles. The number of hydrogen-bond donors (Lipinski definition) is 0. The first-order valence-electron chi connectivity index (χ1n) is 7.89. The van der Waals surface area contributed by atoms with Crippen LogP contribution in [0.4, 0.5) is 0 Å². The maximum atomic E-state index is 12.9. The average Bonchev–Trinajstić information content (AvgIpc) is 2.57. The lowest BCUT2D eigenvalue weighted by Gasteiger charge is -2.35. The molecule has 1 aliphatic rings. The number of carbonyl (C=O) groups is 1. The Labute approximate surface area is 129 Å². The lowest BCUT2D eigenvalue weighted by molar-refractivity contribution is 0.0606. The molecule has 116 valence electrons. The molecule has 3 heterocycles. The van der Waals surface area contributed by atoms with Crippen LogP contribution >= 0.6 is 0 Å². The van der Waals surface area contributed by atoms with Crippen LogP contribution in [0, 0.1) is 0 Å². The highest BCUT2D eigenvalue weighted by molar-refractivity contribution is 5.97. The van der Waals surface area contributed by atoms with Crippen LogP contribution in [-0.2, 0) is 7.05 Å². The number of fused-ring (bicyclic) bond motifs is 1. The molecule has 0 spiro atoms. The van der Waals surface area contributed by atoms with Gasteiger partial charge in [-0.2, -0.15) is 0 Å². The smallest absolute Gasteiger partial charge is 0.264 e. The van der Waals surface area contributed by atoms with E-state index in [4.69, 9.17) is 0 Å². The Kier molecular flexibility index (Phi) is 3.96. The number of rotatable bonds is 2. The van der Waals surface area contributed by atoms with Crippen LogP contribution in [0.3, 0.4) is 0 Å². The van der Waals surface area contributed by atoms with E-state index < -0.39 is 0 Å². The summed E-state index contributed by atoms with van der Waals surface area (Å²) in [4.78, 5) is 31.5. The molecule has 2 aromatic heterocycles. The molecule has 22 heavy (non-hydrogen) atoms. The molecular weight excluding hydrogens is 278 g/mol. The fourth-order valence-electron chi connectivity index (χ4n) is 3.30. The summed E-state index contributed by atoms with van der Waals surface area (Å²) in [5, 5.41) is 0.818. The van der Waals surface area contributed by atoms with Crippen LogP contribution in [0.15, 0.2) is 29.2 Å². The van der Waals surface area contributed by atoms with Gasteiger partial charge in [0, 0.05) is 31.2 Å². The summed E-state index contributed by atoms with van der Waals surface area (Å²) in [6, 6.07) is 5.63. The quantitative estimate of drug-likeness (QED) is 0.855. The first-order chi connectivity index (χ1) is 10.6. The van der Waals surface area contributed by atoms with E-state index in [1.54, 1.807) is 19.3 Å². The molecule has 1 saturated heterocycles. The number of hydrogen-bond acceptors (Lipinski definition) is 3. The van der Waals surface area contributed by atoms with Gasteiger partial charge in [-0.05, 0) is 43.9 Å². The molecule has 1 amide bonds. The van der Waals surface area contributed by atoms with Crippen molar-refractivity contribution in [2.45, 2.75) is 38.6 Å². The summed E-state index contributed by atoms with van der Waals surface area (Å²) in [7, 11) is 1.67. The summed E-state index contributed by atoms with van der Waals surface area (Å²) in [6.45, 7) is 2.84. The van der Waals surface area contributed by atoms with Crippen molar-refractivity contribution in [1.82, 2.24) is 14.5 Å². The molecule has 0 saturated carbocycles. The molecule has 0 radical (unpaired) electrons. The van der Waals surface area contributed by atoms with Gasteiger partial charge in [0.05, 0.1) is 0 Å². The molecule has 5 nitrogen and oxygen atoms in total. The van der Waals surface area contributed by atoms with Gasteiger partial charge in [0.1, 0.15) is 11.2 Å². The number of piperidine rings is 1. The van der Waals surface area contributed by atoms with Crippen LogP contribution in [0.25, 0.3) is 11.0 Å². The van der Waals surface area contributed by atoms with Gasteiger partial charge in [0.25, 0.3) is 11.5 Å². The third kappa shape index (κ3) is 2.40. The first kappa shape index (κ1) is 14.8. The Bertz CT molecular complexity index is 766. The summed E-state index contributed by atoms with van der Waals surface area (Å²) in [5.41, 5.74) is 0.592. The van der Waals surface area contributed by atoms with Crippen molar-refractivity contribution in [1.29, 1.82) is 0 Å². The Morgan fingerprint density at radius 2 is 2.23 bits per heavy atom. The van der Waals surface area contributed by atoms with Crippen molar-refractivity contribution >= 4 is 16.9 Å². The highest BCUT2D eigenvalue weighted by Crippen LogP contribution is 2.21. The van der Waals surface area contributed by atoms with Crippen molar-refractivity contribution in [3.8, 4) is 0 Å². The Morgan fingerprint density at radius 1 is 1.41 bits per heavy atom. The fourth-order valence-corrected chi connectivity index (χ4v) is 3.30. The van der Waals surface area contributed by atoms with Crippen LogP contribution in [0.2, 0.25) is 0 Å². The van der Waals surface area contributed by atoms with E-state index >= 15 is 0 Å². The Balaban J connectivity index is 2.07. The highest BCUT2D eigenvalue weighted by Gasteiger charge is 2.28. The summed E-state index contributed by atoms with van der Waals surface area (Å²) < 4.78 is 1.47. The minimum absolute atomic E-state index is 0.141. The third-order valence-corrected chi connectivity index (χ3v) is 4.56. The van der Waals surface area contributed by atoms with Crippen LogP contribution < -0.4 is 5.56 Å². The minimum atomic E-state index is -0.267. The van der Waals surface area contributed by atoms with Gasteiger partial charge in [-0.3, -0.25) is 14.2 Å². The number of likely N-dealkylation sites (tertiary alicyclic amines) is 1. The molecular formula is C17H21N3O2. The van der Waals surface area contributed by atoms with Gasteiger partial charge < -0.3 is 4.90 Å². The van der Waals surface area contributed by atoms with Crippen LogP contribution in [0.1, 0.15) is 43.0 Å². The van der Waals surface area contributed by atoms with E-state index in [9.17, 15) is 9.59 Å². The first-order valence-corrected chi connectivity index (χ1v) is 7.89. The van der Waals surface area contributed by atoms with Gasteiger partial charge in [-0.25, -0.2) is 4.98 Å². The summed E-state index contributed by atoms with van der Waals surface area (Å²) in [5.74, 6) is -0.141. The maximum absolute atomic E-state index is 12.9. The van der Waals surface area contributed by atoms with E-state index in [0.717, 1.165) is 37.6 Å². The third-order valence-electron chi connectivity index (χ3n) is 4.56. The molecule has 1 atom stereocenters. The molecule has 0 aliphatic carbocycles. The second-order valence-corrected chi connectivity index (χ2v) is 5.89.